The van der Waals surface area contributed by atoms with Gasteiger partial charge in [-0.2, -0.15) is 0 Å². The summed E-state index contributed by atoms with van der Waals surface area (Å²) in [5, 5.41) is 2.25. The van der Waals surface area contributed by atoms with E-state index in [1.807, 2.05) is 18.2 Å². The fraction of sp³-hybridized carbons (Fsp3) is 0.0811. The molecule has 3 heteroatoms. The SMILES string of the molecule is CC1(C)c2ccccc2-c2nc(-c3cccc(-c4cccc5c4oc4ccccc45)c3)nc(-c3ccccc3)c21. The minimum Gasteiger partial charge on any atom is -0.455 e. The quantitative estimate of drug-likeness (QED) is 0.236. The number of rotatable bonds is 3. The van der Waals surface area contributed by atoms with E-state index in [1.165, 1.54) is 16.7 Å². The zero-order valence-corrected chi connectivity index (χ0v) is 22.3. The van der Waals surface area contributed by atoms with Gasteiger partial charge in [0, 0.05) is 44.0 Å². The van der Waals surface area contributed by atoms with E-state index < -0.39 is 0 Å². The molecule has 8 rings (SSSR count). The molecule has 0 fully saturated rings. The zero-order chi connectivity index (χ0) is 26.8. The molecule has 0 atom stereocenters. The summed E-state index contributed by atoms with van der Waals surface area (Å²) >= 11 is 0. The van der Waals surface area contributed by atoms with Crippen LogP contribution in [0.4, 0.5) is 0 Å². The van der Waals surface area contributed by atoms with E-state index >= 15 is 0 Å². The zero-order valence-electron chi connectivity index (χ0n) is 22.3. The van der Waals surface area contributed by atoms with Crippen LogP contribution < -0.4 is 0 Å². The molecule has 0 unspecified atom stereocenters. The Kier molecular flexibility index (Phi) is 4.86. The Morgan fingerprint density at radius 1 is 0.550 bits per heavy atom. The number of hydrogen-bond acceptors (Lipinski definition) is 3. The monoisotopic (exact) mass is 514 g/mol. The summed E-state index contributed by atoms with van der Waals surface area (Å²) in [4.78, 5) is 10.5. The minimum absolute atomic E-state index is 0.200. The van der Waals surface area contributed by atoms with Crippen LogP contribution in [-0.4, -0.2) is 9.97 Å². The second kappa shape index (κ2) is 8.49. The summed E-state index contributed by atoms with van der Waals surface area (Å²) in [6, 6.07) is 42.2. The van der Waals surface area contributed by atoms with Crippen LogP contribution in [0.2, 0.25) is 0 Å². The van der Waals surface area contributed by atoms with Crippen molar-refractivity contribution >= 4 is 21.9 Å². The van der Waals surface area contributed by atoms with Crippen LogP contribution in [-0.2, 0) is 5.41 Å². The molecule has 3 nitrogen and oxygen atoms in total. The number of hydrogen-bond donors (Lipinski definition) is 0. The molecule has 0 aliphatic heterocycles. The molecule has 0 amide bonds. The Morgan fingerprint density at radius 3 is 2.10 bits per heavy atom. The molecule has 1 aliphatic rings. The Morgan fingerprint density at radius 2 is 1.20 bits per heavy atom. The third kappa shape index (κ3) is 3.31. The van der Waals surface area contributed by atoms with Gasteiger partial charge >= 0.3 is 0 Å². The lowest BCUT2D eigenvalue weighted by atomic mass is 9.81. The molecule has 0 saturated heterocycles. The molecule has 2 heterocycles. The number of fused-ring (bicyclic) bond motifs is 6. The van der Waals surface area contributed by atoms with E-state index in [1.54, 1.807) is 0 Å². The summed E-state index contributed by atoms with van der Waals surface area (Å²) in [6.45, 7) is 4.56. The summed E-state index contributed by atoms with van der Waals surface area (Å²) in [5.74, 6) is 0.726. The number of aromatic nitrogens is 2. The maximum atomic E-state index is 6.35. The van der Waals surface area contributed by atoms with Crippen LogP contribution in [0.1, 0.15) is 25.0 Å². The lowest BCUT2D eigenvalue weighted by molar-refractivity contribution is 0.658. The van der Waals surface area contributed by atoms with Gasteiger partial charge in [-0.3, -0.25) is 0 Å². The Hall–Kier alpha value is -5.02. The molecule has 0 saturated carbocycles. The van der Waals surface area contributed by atoms with Crippen molar-refractivity contribution in [3.63, 3.8) is 0 Å². The smallest absolute Gasteiger partial charge is 0.160 e. The minimum atomic E-state index is -0.200. The van der Waals surface area contributed by atoms with Gasteiger partial charge in [-0.1, -0.05) is 123 Å². The first-order chi connectivity index (χ1) is 19.6. The predicted octanol–water partition coefficient (Wildman–Crippen LogP) is 9.68. The summed E-state index contributed by atoms with van der Waals surface area (Å²) in [6.07, 6.45) is 0. The molecule has 2 aromatic heterocycles. The molecule has 190 valence electrons. The fourth-order valence-electron chi connectivity index (χ4n) is 6.35. The third-order valence-corrected chi connectivity index (χ3v) is 8.27. The van der Waals surface area contributed by atoms with Crippen molar-refractivity contribution in [2.45, 2.75) is 19.3 Å². The first kappa shape index (κ1) is 22.9. The van der Waals surface area contributed by atoms with Gasteiger partial charge in [0.2, 0.25) is 0 Å². The molecule has 40 heavy (non-hydrogen) atoms. The second-order valence-corrected chi connectivity index (χ2v) is 11.0. The average Bonchev–Trinajstić information content (AvgIpc) is 3.50. The highest BCUT2D eigenvalue weighted by Gasteiger charge is 2.39. The van der Waals surface area contributed by atoms with Gasteiger partial charge in [0.15, 0.2) is 5.82 Å². The number of benzene rings is 5. The van der Waals surface area contributed by atoms with Crippen LogP contribution in [0.25, 0.3) is 67.0 Å². The number of nitrogens with zero attached hydrogens (tertiary/aromatic N) is 2. The van der Waals surface area contributed by atoms with Crippen molar-refractivity contribution in [2.24, 2.45) is 0 Å². The first-order valence-electron chi connectivity index (χ1n) is 13.7. The van der Waals surface area contributed by atoms with Crippen molar-refractivity contribution < 1.29 is 4.42 Å². The Bertz CT molecular complexity index is 2090. The van der Waals surface area contributed by atoms with Crippen LogP contribution in [0.15, 0.2) is 126 Å². The summed E-state index contributed by atoms with van der Waals surface area (Å²) < 4.78 is 6.35. The molecular weight excluding hydrogens is 488 g/mol. The van der Waals surface area contributed by atoms with Crippen LogP contribution in [0, 0.1) is 0 Å². The molecule has 0 spiro atoms. The van der Waals surface area contributed by atoms with E-state index in [4.69, 9.17) is 14.4 Å². The van der Waals surface area contributed by atoms with Gasteiger partial charge in [-0.05, 0) is 23.3 Å². The summed E-state index contributed by atoms with van der Waals surface area (Å²) in [5.41, 5.74) is 11.5. The van der Waals surface area contributed by atoms with Crippen LogP contribution >= 0.6 is 0 Å². The van der Waals surface area contributed by atoms with E-state index in [-0.39, 0.29) is 5.41 Å². The largest absolute Gasteiger partial charge is 0.455 e. The van der Waals surface area contributed by atoms with Gasteiger partial charge < -0.3 is 4.42 Å². The van der Waals surface area contributed by atoms with Gasteiger partial charge in [0.25, 0.3) is 0 Å². The van der Waals surface area contributed by atoms with Gasteiger partial charge in [0.1, 0.15) is 11.2 Å². The normalized spacial score (nSPS) is 13.4. The van der Waals surface area contributed by atoms with Crippen molar-refractivity contribution in [1.29, 1.82) is 0 Å². The van der Waals surface area contributed by atoms with Gasteiger partial charge in [0.05, 0.1) is 11.4 Å². The van der Waals surface area contributed by atoms with Crippen molar-refractivity contribution in [3.05, 3.63) is 132 Å². The van der Waals surface area contributed by atoms with Crippen LogP contribution in [0.5, 0.6) is 0 Å². The number of para-hydroxylation sites is 2. The third-order valence-electron chi connectivity index (χ3n) is 8.27. The first-order valence-corrected chi connectivity index (χ1v) is 13.7. The number of furan rings is 1. The van der Waals surface area contributed by atoms with E-state index in [0.717, 1.165) is 61.4 Å². The maximum absolute atomic E-state index is 6.35. The van der Waals surface area contributed by atoms with E-state index in [2.05, 4.69) is 117 Å². The lowest BCUT2D eigenvalue weighted by Gasteiger charge is -2.23. The highest BCUT2D eigenvalue weighted by Crippen LogP contribution is 2.51. The topological polar surface area (TPSA) is 38.9 Å². The molecule has 5 aromatic carbocycles. The van der Waals surface area contributed by atoms with Crippen molar-refractivity contribution in [3.8, 4) is 45.0 Å². The predicted molar refractivity (Wildman–Crippen MR) is 163 cm³/mol. The fourth-order valence-corrected chi connectivity index (χ4v) is 6.35. The highest BCUT2D eigenvalue weighted by atomic mass is 16.3. The maximum Gasteiger partial charge on any atom is 0.160 e. The molecule has 0 radical (unpaired) electrons. The van der Waals surface area contributed by atoms with Gasteiger partial charge in [-0.25, -0.2) is 9.97 Å². The van der Waals surface area contributed by atoms with E-state index in [0.29, 0.717) is 0 Å². The molecular formula is C37H26N2O. The highest BCUT2D eigenvalue weighted by molar-refractivity contribution is 6.09. The van der Waals surface area contributed by atoms with Crippen molar-refractivity contribution in [2.75, 3.05) is 0 Å². The Balaban J connectivity index is 1.35. The lowest BCUT2D eigenvalue weighted by Crippen LogP contribution is -2.17. The molecule has 0 N–H and O–H groups in total. The average molecular weight is 515 g/mol. The molecule has 1 aliphatic carbocycles. The molecule has 7 aromatic rings. The Labute approximate surface area is 232 Å². The standard InChI is InChI=1S/C37H26N2O/c1-37(2)30-20-8-6-17-29(30)34-32(37)33(23-12-4-3-5-13-23)38-36(39-34)25-15-10-14-24(22-25)26-18-11-19-28-27-16-7-9-21-31(27)40-35(26)28/h3-22H,1-2H3. The summed E-state index contributed by atoms with van der Waals surface area (Å²) in [7, 11) is 0. The molecule has 0 bridgehead atoms. The van der Waals surface area contributed by atoms with Crippen LogP contribution in [0.3, 0.4) is 0 Å². The van der Waals surface area contributed by atoms with Crippen molar-refractivity contribution in [1.82, 2.24) is 9.97 Å². The second-order valence-electron chi connectivity index (χ2n) is 11.0. The van der Waals surface area contributed by atoms with Gasteiger partial charge in [-0.15, -0.1) is 0 Å². The van der Waals surface area contributed by atoms with E-state index in [9.17, 15) is 0 Å².